The van der Waals surface area contributed by atoms with Gasteiger partial charge in [-0.1, -0.05) is 0 Å². The van der Waals surface area contributed by atoms with Gasteiger partial charge in [-0.15, -0.1) is 0 Å². The fraction of sp³-hybridized carbons (Fsp3) is 1.00. The number of likely N-dealkylation sites (tertiary alicyclic amines) is 1. The van der Waals surface area contributed by atoms with Crippen molar-refractivity contribution in [1.29, 1.82) is 0 Å². The van der Waals surface area contributed by atoms with Crippen LogP contribution in [0.4, 0.5) is 0 Å². The molecule has 1 unspecified atom stereocenters. The first-order valence-corrected chi connectivity index (χ1v) is 3.75. The van der Waals surface area contributed by atoms with Crippen LogP contribution in [0.25, 0.3) is 0 Å². The van der Waals surface area contributed by atoms with Crippen molar-refractivity contribution < 1.29 is 1.43 Å². The molecule has 56 valence electrons. The minimum Gasteiger partial charge on any atom is -0.330 e. The van der Waals surface area contributed by atoms with Crippen LogP contribution in [0.2, 0.25) is 0 Å². The van der Waals surface area contributed by atoms with Crippen LogP contribution in [0.3, 0.4) is 0 Å². The zero-order valence-electron chi connectivity index (χ0n) is 6.14. The second-order valence-corrected chi connectivity index (χ2v) is 2.85. The highest BCUT2D eigenvalue weighted by Crippen LogP contribution is 2.16. The molecule has 0 aromatic rings. The third-order valence-electron chi connectivity index (χ3n) is 2.17. The Balaban J connectivity index is 0.000000810. The van der Waals surface area contributed by atoms with Crippen LogP contribution in [0.1, 0.15) is 20.7 Å². The second-order valence-electron chi connectivity index (χ2n) is 2.85. The standard InChI is InChI=1S/C7H16N2.H2/c1-9-6-2-3-7(9)4-5-8;/h7H,2-6,8H2,1H3;1H. The molecule has 1 aliphatic rings. The van der Waals surface area contributed by atoms with Crippen molar-refractivity contribution in [3.8, 4) is 0 Å². The molecule has 1 aliphatic heterocycles. The fourth-order valence-electron chi connectivity index (χ4n) is 1.54. The van der Waals surface area contributed by atoms with Crippen molar-refractivity contribution in [2.45, 2.75) is 25.3 Å². The summed E-state index contributed by atoms with van der Waals surface area (Å²) in [6.45, 7) is 2.11. The van der Waals surface area contributed by atoms with E-state index >= 15 is 0 Å². The summed E-state index contributed by atoms with van der Waals surface area (Å²) in [6.07, 6.45) is 3.89. The fourth-order valence-corrected chi connectivity index (χ4v) is 1.54. The molecule has 1 saturated heterocycles. The Morgan fingerprint density at radius 2 is 2.56 bits per heavy atom. The van der Waals surface area contributed by atoms with Crippen molar-refractivity contribution in [1.82, 2.24) is 4.90 Å². The number of hydrogen-bond donors (Lipinski definition) is 1. The molecule has 0 saturated carbocycles. The van der Waals surface area contributed by atoms with Crippen molar-refractivity contribution in [2.75, 3.05) is 20.1 Å². The summed E-state index contributed by atoms with van der Waals surface area (Å²) in [5.41, 5.74) is 5.44. The number of hydrogen-bond acceptors (Lipinski definition) is 2. The summed E-state index contributed by atoms with van der Waals surface area (Å²) in [7, 11) is 2.19. The molecule has 1 heterocycles. The maximum absolute atomic E-state index is 5.44. The molecular formula is C7H18N2. The van der Waals surface area contributed by atoms with Crippen LogP contribution in [0, 0.1) is 0 Å². The van der Waals surface area contributed by atoms with E-state index in [0.717, 1.165) is 12.6 Å². The molecule has 1 atom stereocenters. The van der Waals surface area contributed by atoms with Crippen LogP contribution in [0.15, 0.2) is 0 Å². The maximum atomic E-state index is 5.44. The third kappa shape index (κ3) is 1.66. The van der Waals surface area contributed by atoms with Crippen molar-refractivity contribution in [3.05, 3.63) is 0 Å². The highest BCUT2D eigenvalue weighted by Gasteiger charge is 2.18. The quantitative estimate of drug-likeness (QED) is 0.595. The van der Waals surface area contributed by atoms with Crippen molar-refractivity contribution in [2.24, 2.45) is 5.73 Å². The summed E-state index contributed by atoms with van der Waals surface area (Å²) in [5.74, 6) is 0. The molecule has 0 bridgehead atoms. The van der Waals surface area contributed by atoms with Gasteiger partial charge >= 0.3 is 0 Å². The number of nitrogens with zero attached hydrogens (tertiary/aromatic N) is 1. The maximum Gasteiger partial charge on any atom is 0.0105 e. The summed E-state index contributed by atoms with van der Waals surface area (Å²) < 4.78 is 0. The van der Waals surface area contributed by atoms with Crippen LogP contribution in [-0.2, 0) is 0 Å². The number of nitrogens with two attached hydrogens (primary N) is 1. The third-order valence-corrected chi connectivity index (χ3v) is 2.17. The van der Waals surface area contributed by atoms with Crippen LogP contribution in [-0.4, -0.2) is 31.1 Å². The molecule has 0 aromatic carbocycles. The highest BCUT2D eigenvalue weighted by atomic mass is 15.1. The van der Waals surface area contributed by atoms with Gasteiger partial charge in [-0.25, -0.2) is 0 Å². The average Bonchev–Trinajstić information content (AvgIpc) is 2.18. The summed E-state index contributed by atoms with van der Waals surface area (Å²) >= 11 is 0. The van der Waals surface area contributed by atoms with Gasteiger partial charge in [0.25, 0.3) is 0 Å². The van der Waals surface area contributed by atoms with Crippen molar-refractivity contribution in [3.63, 3.8) is 0 Å². The summed E-state index contributed by atoms with van der Waals surface area (Å²) in [6, 6.07) is 0.787. The SMILES string of the molecule is CN1CCCC1CCN.[HH]. The molecule has 1 rings (SSSR count). The Morgan fingerprint density at radius 1 is 1.78 bits per heavy atom. The van der Waals surface area contributed by atoms with Gasteiger partial charge in [0, 0.05) is 7.47 Å². The zero-order valence-corrected chi connectivity index (χ0v) is 6.14. The van der Waals surface area contributed by atoms with Gasteiger partial charge in [-0.3, -0.25) is 0 Å². The molecule has 0 aliphatic carbocycles. The Labute approximate surface area is 58.5 Å². The largest absolute Gasteiger partial charge is 0.330 e. The van der Waals surface area contributed by atoms with E-state index in [9.17, 15) is 0 Å². The minimum absolute atomic E-state index is 0. The number of rotatable bonds is 2. The Hall–Kier alpha value is -0.0800. The van der Waals surface area contributed by atoms with E-state index in [2.05, 4.69) is 11.9 Å². The molecule has 0 amide bonds. The highest BCUT2D eigenvalue weighted by molar-refractivity contribution is 4.75. The van der Waals surface area contributed by atoms with Crippen LogP contribution >= 0.6 is 0 Å². The van der Waals surface area contributed by atoms with E-state index in [1.54, 1.807) is 0 Å². The molecule has 2 heteroatoms. The molecule has 0 radical (unpaired) electrons. The van der Waals surface area contributed by atoms with E-state index in [-0.39, 0.29) is 1.43 Å². The molecule has 0 aromatic heterocycles. The van der Waals surface area contributed by atoms with Gasteiger partial charge in [-0.05, 0) is 39.4 Å². The minimum atomic E-state index is 0. The summed E-state index contributed by atoms with van der Waals surface area (Å²) in [4.78, 5) is 2.41. The van der Waals surface area contributed by atoms with Gasteiger partial charge in [0.1, 0.15) is 0 Å². The van der Waals surface area contributed by atoms with Crippen LogP contribution in [0.5, 0.6) is 0 Å². The van der Waals surface area contributed by atoms with E-state index in [1.165, 1.54) is 25.8 Å². The lowest BCUT2D eigenvalue weighted by molar-refractivity contribution is 0.299. The Kier molecular flexibility index (Phi) is 2.49. The van der Waals surface area contributed by atoms with Gasteiger partial charge in [0.2, 0.25) is 0 Å². The average molecular weight is 130 g/mol. The van der Waals surface area contributed by atoms with Crippen molar-refractivity contribution >= 4 is 0 Å². The normalized spacial score (nSPS) is 29.3. The first kappa shape index (κ1) is 7.03. The van der Waals surface area contributed by atoms with Crippen LogP contribution < -0.4 is 5.73 Å². The lowest BCUT2D eigenvalue weighted by atomic mass is 10.1. The topological polar surface area (TPSA) is 29.3 Å². The van der Waals surface area contributed by atoms with E-state index in [4.69, 9.17) is 5.73 Å². The van der Waals surface area contributed by atoms with Gasteiger partial charge in [-0.2, -0.15) is 0 Å². The predicted molar refractivity (Wildman–Crippen MR) is 41.4 cm³/mol. The summed E-state index contributed by atoms with van der Waals surface area (Å²) in [5, 5.41) is 0. The predicted octanol–water partition coefficient (Wildman–Crippen LogP) is 0.675. The molecule has 1 fully saturated rings. The molecule has 0 spiro atoms. The zero-order chi connectivity index (χ0) is 6.69. The molecular weight excluding hydrogens is 112 g/mol. The Morgan fingerprint density at radius 3 is 3.00 bits per heavy atom. The van der Waals surface area contributed by atoms with Gasteiger partial charge < -0.3 is 10.6 Å². The molecule has 2 nitrogen and oxygen atoms in total. The second kappa shape index (κ2) is 3.18. The van der Waals surface area contributed by atoms with Gasteiger partial charge in [0.05, 0.1) is 0 Å². The lowest BCUT2D eigenvalue weighted by Gasteiger charge is -2.17. The Bertz CT molecular complexity index is 87.7. The monoisotopic (exact) mass is 130 g/mol. The first-order chi connectivity index (χ1) is 4.34. The lowest BCUT2D eigenvalue weighted by Crippen LogP contribution is -2.27. The smallest absolute Gasteiger partial charge is 0.0105 e. The van der Waals surface area contributed by atoms with Gasteiger partial charge in [0.15, 0.2) is 0 Å². The first-order valence-electron chi connectivity index (χ1n) is 3.75. The molecule has 9 heavy (non-hydrogen) atoms. The van der Waals surface area contributed by atoms with E-state index in [1.807, 2.05) is 0 Å². The molecule has 2 N–H and O–H groups in total. The van der Waals surface area contributed by atoms with E-state index in [0.29, 0.717) is 0 Å². The van der Waals surface area contributed by atoms with E-state index < -0.39 is 0 Å².